The van der Waals surface area contributed by atoms with Gasteiger partial charge in [0.05, 0.1) is 6.26 Å². The summed E-state index contributed by atoms with van der Waals surface area (Å²) in [4.78, 5) is 0. The largest absolute Gasteiger partial charge is 0.464 e. The zero-order valence-electron chi connectivity index (χ0n) is 10.3. The van der Waals surface area contributed by atoms with Crippen LogP contribution in [-0.2, 0) is 0 Å². The highest BCUT2D eigenvalue weighted by molar-refractivity contribution is 5.81. The SMILES string of the molecule is CC.Cc1coc2cc(C(C)C)ccc12. The fourth-order valence-corrected chi connectivity index (χ4v) is 1.54. The number of hydrogen-bond donors (Lipinski definition) is 0. The standard InChI is InChI=1S/C12H14O.C2H6/c1-8(2)10-4-5-11-9(3)7-13-12(11)6-10;1-2/h4-8H,1-3H3;1-2H3. The van der Waals surface area contributed by atoms with Crippen molar-refractivity contribution in [1.82, 2.24) is 0 Å². The fraction of sp³-hybridized carbons (Fsp3) is 0.429. The first-order valence-electron chi connectivity index (χ1n) is 5.66. The van der Waals surface area contributed by atoms with Crippen LogP contribution in [0, 0.1) is 6.92 Å². The van der Waals surface area contributed by atoms with E-state index in [1.165, 1.54) is 16.5 Å². The van der Waals surface area contributed by atoms with E-state index < -0.39 is 0 Å². The van der Waals surface area contributed by atoms with E-state index in [9.17, 15) is 0 Å². The molecule has 0 bridgehead atoms. The van der Waals surface area contributed by atoms with E-state index >= 15 is 0 Å². The lowest BCUT2D eigenvalue weighted by molar-refractivity contribution is 0.612. The van der Waals surface area contributed by atoms with Crippen LogP contribution in [0.15, 0.2) is 28.9 Å². The number of hydrogen-bond acceptors (Lipinski definition) is 1. The van der Waals surface area contributed by atoms with Gasteiger partial charge in [-0.1, -0.05) is 39.8 Å². The summed E-state index contributed by atoms with van der Waals surface area (Å²) in [6, 6.07) is 6.45. The summed E-state index contributed by atoms with van der Waals surface area (Å²) in [5.41, 5.74) is 3.55. The van der Waals surface area contributed by atoms with Crippen LogP contribution >= 0.6 is 0 Å². The van der Waals surface area contributed by atoms with Gasteiger partial charge in [0.25, 0.3) is 0 Å². The topological polar surface area (TPSA) is 13.1 Å². The van der Waals surface area contributed by atoms with Crippen molar-refractivity contribution in [2.75, 3.05) is 0 Å². The third-order valence-corrected chi connectivity index (χ3v) is 2.46. The molecule has 0 N–H and O–H groups in total. The molecular weight excluding hydrogens is 184 g/mol. The van der Waals surface area contributed by atoms with E-state index in [1.807, 2.05) is 20.1 Å². The van der Waals surface area contributed by atoms with Crippen LogP contribution in [0.4, 0.5) is 0 Å². The second-order valence-corrected chi connectivity index (χ2v) is 3.83. The Morgan fingerprint density at radius 3 is 2.40 bits per heavy atom. The van der Waals surface area contributed by atoms with Crippen molar-refractivity contribution in [1.29, 1.82) is 0 Å². The van der Waals surface area contributed by atoms with Crippen LogP contribution in [0.2, 0.25) is 0 Å². The van der Waals surface area contributed by atoms with E-state index in [1.54, 1.807) is 0 Å². The number of furan rings is 1. The van der Waals surface area contributed by atoms with Crippen LogP contribution in [-0.4, -0.2) is 0 Å². The molecule has 1 heterocycles. The van der Waals surface area contributed by atoms with Gasteiger partial charge < -0.3 is 4.42 Å². The number of rotatable bonds is 1. The molecule has 15 heavy (non-hydrogen) atoms. The van der Waals surface area contributed by atoms with E-state index in [2.05, 4.69) is 39.0 Å². The molecule has 1 aromatic carbocycles. The lowest BCUT2D eigenvalue weighted by Gasteiger charge is -2.03. The zero-order chi connectivity index (χ0) is 11.4. The summed E-state index contributed by atoms with van der Waals surface area (Å²) < 4.78 is 5.44. The van der Waals surface area contributed by atoms with E-state index in [0.29, 0.717) is 5.92 Å². The molecule has 0 atom stereocenters. The highest BCUT2D eigenvalue weighted by atomic mass is 16.3. The number of benzene rings is 1. The molecule has 0 unspecified atom stereocenters. The summed E-state index contributed by atoms with van der Waals surface area (Å²) in [6.45, 7) is 10.5. The van der Waals surface area contributed by atoms with Crippen LogP contribution in [0.25, 0.3) is 11.0 Å². The minimum absolute atomic E-state index is 0.565. The molecular formula is C14H20O. The first-order valence-corrected chi connectivity index (χ1v) is 5.66. The normalized spacial score (nSPS) is 10.3. The van der Waals surface area contributed by atoms with Gasteiger partial charge in [-0.2, -0.15) is 0 Å². The first-order chi connectivity index (χ1) is 7.18. The molecule has 0 spiro atoms. The summed E-state index contributed by atoms with van der Waals surface area (Å²) in [5.74, 6) is 0.565. The summed E-state index contributed by atoms with van der Waals surface area (Å²) >= 11 is 0. The Hall–Kier alpha value is -1.24. The Labute approximate surface area is 92.1 Å². The van der Waals surface area contributed by atoms with Crippen molar-refractivity contribution >= 4 is 11.0 Å². The predicted molar refractivity (Wildman–Crippen MR) is 66.4 cm³/mol. The minimum Gasteiger partial charge on any atom is -0.464 e. The molecule has 0 saturated heterocycles. The van der Waals surface area contributed by atoms with Gasteiger partial charge in [-0.15, -0.1) is 0 Å². The average Bonchev–Trinajstić information content (AvgIpc) is 2.63. The van der Waals surface area contributed by atoms with Crippen LogP contribution in [0.3, 0.4) is 0 Å². The molecule has 0 fully saturated rings. The lowest BCUT2D eigenvalue weighted by atomic mass is 10.0. The van der Waals surface area contributed by atoms with E-state index in [-0.39, 0.29) is 0 Å². The monoisotopic (exact) mass is 204 g/mol. The van der Waals surface area contributed by atoms with Crippen molar-refractivity contribution < 1.29 is 4.42 Å². The Kier molecular flexibility index (Phi) is 3.96. The molecule has 0 aliphatic carbocycles. The average molecular weight is 204 g/mol. The van der Waals surface area contributed by atoms with Crippen molar-refractivity contribution in [3.63, 3.8) is 0 Å². The zero-order valence-corrected chi connectivity index (χ0v) is 10.3. The van der Waals surface area contributed by atoms with Gasteiger partial charge in [-0.25, -0.2) is 0 Å². The summed E-state index contributed by atoms with van der Waals surface area (Å²) in [7, 11) is 0. The van der Waals surface area contributed by atoms with Gasteiger partial charge in [0.15, 0.2) is 0 Å². The lowest BCUT2D eigenvalue weighted by Crippen LogP contribution is -1.85. The van der Waals surface area contributed by atoms with Crippen molar-refractivity contribution in [3.8, 4) is 0 Å². The van der Waals surface area contributed by atoms with Gasteiger partial charge in [-0.3, -0.25) is 0 Å². The molecule has 82 valence electrons. The van der Waals surface area contributed by atoms with Crippen LogP contribution in [0.5, 0.6) is 0 Å². The Balaban J connectivity index is 0.000000531. The second kappa shape index (κ2) is 5.01. The highest BCUT2D eigenvalue weighted by Crippen LogP contribution is 2.24. The van der Waals surface area contributed by atoms with Gasteiger partial charge in [0.1, 0.15) is 5.58 Å². The van der Waals surface area contributed by atoms with E-state index in [4.69, 9.17) is 4.42 Å². The molecule has 0 aliphatic rings. The highest BCUT2D eigenvalue weighted by Gasteiger charge is 2.04. The number of aryl methyl sites for hydroxylation is 1. The molecule has 0 saturated carbocycles. The Morgan fingerprint density at radius 1 is 1.13 bits per heavy atom. The maximum Gasteiger partial charge on any atom is 0.134 e. The molecule has 1 heteroatoms. The molecule has 0 aliphatic heterocycles. The first kappa shape index (κ1) is 11.8. The maximum atomic E-state index is 5.44. The molecule has 1 nitrogen and oxygen atoms in total. The smallest absolute Gasteiger partial charge is 0.134 e. The maximum absolute atomic E-state index is 5.44. The van der Waals surface area contributed by atoms with Gasteiger partial charge >= 0.3 is 0 Å². The van der Waals surface area contributed by atoms with Gasteiger partial charge in [0.2, 0.25) is 0 Å². The molecule has 1 aromatic heterocycles. The number of fused-ring (bicyclic) bond motifs is 1. The van der Waals surface area contributed by atoms with Crippen LogP contribution in [0.1, 0.15) is 44.7 Å². The summed E-state index contributed by atoms with van der Waals surface area (Å²) in [5, 5.41) is 1.23. The van der Waals surface area contributed by atoms with Gasteiger partial charge in [0, 0.05) is 5.39 Å². The molecule has 0 radical (unpaired) electrons. The van der Waals surface area contributed by atoms with Crippen molar-refractivity contribution in [2.45, 2.75) is 40.5 Å². The van der Waals surface area contributed by atoms with Crippen LogP contribution < -0.4 is 0 Å². The molecule has 0 amide bonds. The second-order valence-electron chi connectivity index (χ2n) is 3.83. The fourth-order valence-electron chi connectivity index (χ4n) is 1.54. The molecule has 2 rings (SSSR count). The third kappa shape index (κ3) is 2.41. The van der Waals surface area contributed by atoms with Crippen molar-refractivity contribution in [3.05, 3.63) is 35.6 Å². The Bertz CT molecular complexity index is 424. The quantitative estimate of drug-likeness (QED) is 0.644. The van der Waals surface area contributed by atoms with Gasteiger partial charge in [-0.05, 0) is 30.0 Å². The predicted octanol–water partition coefficient (Wildman–Crippen LogP) is 4.89. The van der Waals surface area contributed by atoms with Crippen molar-refractivity contribution in [2.24, 2.45) is 0 Å². The van der Waals surface area contributed by atoms with E-state index in [0.717, 1.165) is 5.58 Å². The Morgan fingerprint density at radius 2 is 1.80 bits per heavy atom. The summed E-state index contributed by atoms with van der Waals surface area (Å²) in [6.07, 6.45) is 1.81. The minimum atomic E-state index is 0.565. The third-order valence-electron chi connectivity index (χ3n) is 2.46. The molecule has 2 aromatic rings.